The molecule has 0 atom stereocenters. The fraction of sp³-hybridized carbons (Fsp3) is 0.176. The first-order valence-corrected chi connectivity index (χ1v) is 7.35. The molecule has 120 valence electrons. The highest BCUT2D eigenvalue weighted by Crippen LogP contribution is 2.23. The van der Waals surface area contributed by atoms with Gasteiger partial charge in [0.25, 0.3) is 5.91 Å². The van der Waals surface area contributed by atoms with Gasteiger partial charge in [-0.05, 0) is 49.4 Å². The van der Waals surface area contributed by atoms with E-state index in [0.29, 0.717) is 34.2 Å². The standard InChI is InChI=1S/C17H16ClNO4/c1-3-23-17(21)11-4-7-13(8-5-11)19-16(20)14-10-12(18)6-9-15(14)22-2/h4-10H,3H2,1-2H3,(H,19,20). The monoisotopic (exact) mass is 333 g/mol. The van der Waals surface area contributed by atoms with Crippen molar-refractivity contribution in [2.45, 2.75) is 6.92 Å². The van der Waals surface area contributed by atoms with Crippen molar-refractivity contribution in [1.29, 1.82) is 0 Å². The van der Waals surface area contributed by atoms with E-state index in [1.54, 1.807) is 43.3 Å². The Morgan fingerprint density at radius 2 is 1.83 bits per heavy atom. The number of hydrogen-bond donors (Lipinski definition) is 1. The smallest absolute Gasteiger partial charge is 0.338 e. The molecule has 0 saturated heterocycles. The molecule has 0 aromatic heterocycles. The van der Waals surface area contributed by atoms with Gasteiger partial charge in [-0.2, -0.15) is 0 Å². The number of rotatable bonds is 5. The van der Waals surface area contributed by atoms with Crippen LogP contribution in [-0.2, 0) is 4.74 Å². The minimum absolute atomic E-state index is 0.311. The normalized spacial score (nSPS) is 10.0. The molecule has 0 aliphatic carbocycles. The Kier molecular flexibility index (Phi) is 5.60. The van der Waals surface area contributed by atoms with Crippen molar-refractivity contribution in [3.05, 3.63) is 58.6 Å². The SMILES string of the molecule is CCOC(=O)c1ccc(NC(=O)c2cc(Cl)ccc2OC)cc1. The van der Waals surface area contributed by atoms with E-state index >= 15 is 0 Å². The third kappa shape index (κ3) is 4.23. The van der Waals surface area contributed by atoms with Crippen molar-refractivity contribution >= 4 is 29.2 Å². The maximum absolute atomic E-state index is 12.3. The molecule has 0 aliphatic heterocycles. The minimum atomic E-state index is -0.401. The molecular weight excluding hydrogens is 318 g/mol. The largest absolute Gasteiger partial charge is 0.496 e. The predicted molar refractivity (Wildman–Crippen MR) is 88.4 cm³/mol. The van der Waals surface area contributed by atoms with Gasteiger partial charge in [0.05, 0.1) is 24.8 Å². The van der Waals surface area contributed by atoms with Gasteiger partial charge in [0.15, 0.2) is 0 Å². The van der Waals surface area contributed by atoms with E-state index in [4.69, 9.17) is 21.1 Å². The summed E-state index contributed by atoms with van der Waals surface area (Å²) >= 11 is 5.92. The van der Waals surface area contributed by atoms with Crippen LogP contribution in [0.2, 0.25) is 5.02 Å². The number of methoxy groups -OCH3 is 1. The molecule has 0 saturated carbocycles. The van der Waals surface area contributed by atoms with Gasteiger partial charge in [-0.15, -0.1) is 0 Å². The Morgan fingerprint density at radius 3 is 2.43 bits per heavy atom. The highest BCUT2D eigenvalue weighted by molar-refractivity contribution is 6.31. The lowest BCUT2D eigenvalue weighted by atomic mass is 10.1. The second-order valence-corrected chi connectivity index (χ2v) is 5.03. The number of ether oxygens (including phenoxy) is 2. The van der Waals surface area contributed by atoms with Gasteiger partial charge in [0.2, 0.25) is 0 Å². The third-order valence-corrected chi connectivity index (χ3v) is 3.30. The Hall–Kier alpha value is -2.53. The van der Waals surface area contributed by atoms with E-state index < -0.39 is 5.97 Å². The number of anilines is 1. The zero-order chi connectivity index (χ0) is 16.8. The number of nitrogens with one attached hydrogen (secondary N) is 1. The Labute approximate surface area is 139 Å². The van der Waals surface area contributed by atoms with Gasteiger partial charge < -0.3 is 14.8 Å². The molecule has 0 bridgehead atoms. The molecule has 2 aromatic rings. The number of amides is 1. The average Bonchev–Trinajstić information content (AvgIpc) is 2.55. The molecule has 0 fully saturated rings. The van der Waals surface area contributed by atoms with Crippen LogP contribution in [0.1, 0.15) is 27.6 Å². The van der Waals surface area contributed by atoms with Crippen LogP contribution in [0.3, 0.4) is 0 Å². The minimum Gasteiger partial charge on any atom is -0.496 e. The number of carbonyl (C=O) groups excluding carboxylic acids is 2. The highest BCUT2D eigenvalue weighted by atomic mass is 35.5. The zero-order valence-electron chi connectivity index (χ0n) is 12.8. The molecule has 6 heteroatoms. The van der Waals surface area contributed by atoms with Gasteiger partial charge in [-0.1, -0.05) is 11.6 Å². The topological polar surface area (TPSA) is 64.6 Å². The van der Waals surface area contributed by atoms with Crippen molar-refractivity contribution in [2.75, 3.05) is 19.0 Å². The summed E-state index contributed by atoms with van der Waals surface area (Å²) in [7, 11) is 1.48. The van der Waals surface area contributed by atoms with E-state index in [1.165, 1.54) is 13.2 Å². The third-order valence-electron chi connectivity index (χ3n) is 3.06. The Bertz CT molecular complexity index is 713. The van der Waals surface area contributed by atoms with Crippen LogP contribution in [0, 0.1) is 0 Å². The van der Waals surface area contributed by atoms with Crippen molar-refractivity contribution in [2.24, 2.45) is 0 Å². The lowest BCUT2D eigenvalue weighted by molar-refractivity contribution is 0.0526. The molecule has 2 aromatic carbocycles. The molecular formula is C17H16ClNO4. The molecule has 23 heavy (non-hydrogen) atoms. The molecule has 0 unspecified atom stereocenters. The van der Waals surface area contributed by atoms with Crippen LogP contribution < -0.4 is 10.1 Å². The van der Waals surface area contributed by atoms with Crippen molar-refractivity contribution < 1.29 is 19.1 Å². The molecule has 0 heterocycles. The summed E-state index contributed by atoms with van der Waals surface area (Å²) < 4.78 is 10.1. The second-order valence-electron chi connectivity index (χ2n) is 4.60. The van der Waals surface area contributed by atoms with Gasteiger partial charge in [-0.25, -0.2) is 4.79 Å². The Morgan fingerprint density at radius 1 is 1.13 bits per heavy atom. The molecule has 0 radical (unpaired) electrons. The number of carbonyl (C=O) groups is 2. The summed E-state index contributed by atoms with van der Waals surface area (Å²) in [6, 6.07) is 11.2. The quantitative estimate of drug-likeness (QED) is 0.846. The molecule has 0 aliphatic rings. The van der Waals surface area contributed by atoms with Crippen molar-refractivity contribution in [1.82, 2.24) is 0 Å². The molecule has 0 spiro atoms. The second kappa shape index (κ2) is 7.65. The van der Waals surface area contributed by atoms with Crippen molar-refractivity contribution in [3.63, 3.8) is 0 Å². The number of hydrogen-bond acceptors (Lipinski definition) is 4. The molecule has 1 N–H and O–H groups in total. The summed E-state index contributed by atoms with van der Waals surface area (Å²) in [4.78, 5) is 23.9. The number of benzene rings is 2. The van der Waals surface area contributed by atoms with Crippen molar-refractivity contribution in [3.8, 4) is 5.75 Å². The number of halogens is 1. The number of esters is 1. The van der Waals surface area contributed by atoms with E-state index in [0.717, 1.165) is 0 Å². The van der Waals surface area contributed by atoms with Crippen LogP contribution in [0.4, 0.5) is 5.69 Å². The fourth-order valence-corrected chi connectivity index (χ4v) is 2.13. The van der Waals surface area contributed by atoms with Crippen LogP contribution in [0.25, 0.3) is 0 Å². The van der Waals surface area contributed by atoms with Crippen LogP contribution in [0.5, 0.6) is 5.75 Å². The van der Waals surface area contributed by atoms with Gasteiger partial charge in [0, 0.05) is 10.7 Å². The molecule has 5 nitrogen and oxygen atoms in total. The van der Waals surface area contributed by atoms with Crippen LogP contribution >= 0.6 is 11.6 Å². The van der Waals surface area contributed by atoms with E-state index in [1.807, 2.05) is 0 Å². The van der Waals surface area contributed by atoms with E-state index in [9.17, 15) is 9.59 Å². The Balaban J connectivity index is 2.14. The first-order chi connectivity index (χ1) is 11.0. The van der Waals surface area contributed by atoms with Crippen LogP contribution in [0.15, 0.2) is 42.5 Å². The summed E-state index contributed by atoms with van der Waals surface area (Å²) in [6.45, 7) is 2.05. The molecule has 1 amide bonds. The predicted octanol–water partition coefficient (Wildman–Crippen LogP) is 3.78. The first-order valence-electron chi connectivity index (χ1n) is 6.97. The molecule has 2 rings (SSSR count). The first kappa shape index (κ1) is 16.8. The average molecular weight is 334 g/mol. The maximum Gasteiger partial charge on any atom is 0.338 e. The summed E-state index contributed by atoms with van der Waals surface area (Å²) in [5.41, 5.74) is 1.30. The maximum atomic E-state index is 12.3. The van der Waals surface area contributed by atoms with Gasteiger partial charge in [-0.3, -0.25) is 4.79 Å². The summed E-state index contributed by atoms with van der Waals surface area (Å²) in [5.74, 6) is -0.329. The lowest BCUT2D eigenvalue weighted by Gasteiger charge is -2.10. The summed E-state index contributed by atoms with van der Waals surface area (Å²) in [5, 5.41) is 3.17. The van der Waals surface area contributed by atoms with Crippen LogP contribution in [-0.4, -0.2) is 25.6 Å². The fourth-order valence-electron chi connectivity index (χ4n) is 1.96. The zero-order valence-corrected chi connectivity index (χ0v) is 13.5. The van der Waals surface area contributed by atoms with Gasteiger partial charge in [0.1, 0.15) is 5.75 Å². The lowest BCUT2D eigenvalue weighted by Crippen LogP contribution is -2.13. The van der Waals surface area contributed by atoms with E-state index in [-0.39, 0.29) is 5.91 Å². The van der Waals surface area contributed by atoms with Gasteiger partial charge >= 0.3 is 5.97 Å². The van der Waals surface area contributed by atoms with E-state index in [2.05, 4.69) is 5.32 Å². The highest BCUT2D eigenvalue weighted by Gasteiger charge is 2.13. The summed E-state index contributed by atoms with van der Waals surface area (Å²) in [6.07, 6.45) is 0.